The van der Waals surface area contributed by atoms with Gasteiger partial charge in [-0.2, -0.15) is 5.26 Å². The third-order valence-corrected chi connectivity index (χ3v) is 2.86. The van der Waals surface area contributed by atoms with Crippen molar-refractivity contribution in [3.05, 3.63) is 65.0 Å². The monoisotopic (exact) mass is 240 g/mol. The zero-order chi connectivity index (χ0) is 13.0. The molecule has 2 N–H and O–H groups in total. The second kappa shape index (κ2) is 5.33. The summed E-state index contributed by atoms with van der Waals surface area (Å²) in [5.41, 5.74) is 9.49. The van der Waals surface area contributed by atoms with E-state index in [0.29, 0.717) is 18.5 Å². The first kappa shape index (κ1) is 12.1. The van der Waals surface area contributed by atoms with Crippen molar-refractivity contribution in [2.45, 2.75) is 12.8 Å². The van der Waals surface area contributed by atoms with Crippen molar-refractivity contribution in [1.82, 2.24) is 0 Å². The van der Waals surface area contributed by atoms with Crippen LogP contribution in [0.1, 0.15) is 16.7 Å². The Morgan fingerprint density at radius 1 is 1.06 bits per heavy atom. The Morgan fingerprint density at radius 2 is 1.72 bits per heavy atom. The molecule has 3 heteroatoms. The molecule has 0 aromatic heterocycles. The average molecular weight is 240 g/mol. The maximum Gasteiger partial charge on any atom is 0.123 e. The number of hydrogen-bond acceptors (Lipinski definition) is 2. The predicted octanol–water partition coefficient (Wildman–Crippen LogP) is 3.06. The standard InChI is InChI=1S/C15H13FN2/c16-14-6-4-11(5-7-14)10-13-3-1-2-12(8-9-17)15(13)18/h1-7H,8,10,18H2. The van der Waals surface area contributed by atoms with Gasteiger partial charge in [-0.15, -0.1) is 0 Å². The summed E-state index contributed by atoms with van der Waals surface area (Å²) in [6.07, 6.45) is 0.953. The Balaban J connectivity index is 2.27. The Morgan fingerprint density at radius 3 is 2.39 bits per heavy atom. The minimum absolute atomic E-state index is 0.245. The van der Waals surface area contributed by atoms with Crippen LogP contribution in [0.25, 0.3) is 0 Å². The van der Waals surface area contributed by atoms with Crippen LogP contribution in [-0.2, 0) is 12.8 Å². The van der Waals surface area contributed by atoms with Crippen LogP contribution in [-0.4, -0.2) is 0 Å². The van der Waals surface area contributed by atoms with E-state index in [1.807, 2.05) is 18.2 Å². The Bertz CT molecular complexity index is 582. The molecule has 18 heavy (non-hydrogen) atoms. The average Bonchev–Trinajstić information content (AvgIpc) is 2.37. The lowest BCUT2D eigenvalue weighted by Crippen LogP contribution is -2.00. The second-order valence-electron chi connectivity index (χ2n) is 4.13. The molecule has 0 fully saturated rings. The van der Waals surface area contributed by atoms with Crippen molar-refractivity contribution in [1.29, 1.82) is 5.26 Å². The molecule has 2 rings (SSSR count). The SMILES string of the molecule is N#CCc1cccc(Cc2ccc(F)cc2)c1N. The van der Waals surface area contributed by atoms with Crippen molar-refractivity contribution >= 4 is 5.69 Å². The van der Waals surface area contributed by atoms with Gasteiger partial charge in [0.05, 0.1) is 12.5 Å². The number of anilines is 1. The number of para-hydroxylation sites is 1. The van der Waals surface area contributed by atoms with Gasteiger partial charge < -0.3 is 5.73 Å². The van der Waals surface area contributed by atoms with Gasteiger partial charge in [0.2, 0.25) is 0 Å². The highest BCUT2D eigenvalue weighted by molar-refractivity contribution is 5.56. The van der Waals surface area contributed by atoms with E-state index in [1.165, 1.54) is 12.1 Å². The van der Waals surface area contributed by atoms with Crippen LogP contribution >= 0.6 is 0 Å². The fourth-order valence-corrected chi connectivity index (χ4v) is 1.88. The van der Waals surface area contributed by atoms with Crippen LogP contribution in [0.5, 0.6) is 0 Å². The van der Waals surface area contributed by atoms with Gasteiger partial charge in [-0.25, -0.2) is 4.39 Å². The van der Waals surface area contributed by atoms with Gasteiger partial charge in [-0.3, -0.25) is 0 Å². The van der Waals surface area contributed by atoms with Crippen LogP contribution in [0.2, 0.25) is 0 Å². The summed E-state index contributed by atoms with van der Waals surface area (Å²) in [4.78, 5) is 0. The van der Waals surface area contributed by atoms with Crippen LogP contribution in [0.15, 0.2) is 42.5 Å². The summed E-state index contributed by atoms with van der Waals surface area (Å²) < 4.78 is 12.8. The number of rotatable bonds is 3. The minimum Gasteiger partial charge on any atom is -0.398 e. The summed E-state index contributed by atoms with van der Waals surface area (Å²) in [6.45, 7) is 0. The molecule has 0 amide bonds. The molecule has 2 aromatic carbocycles. The van der Waals surface area contributed by atoms with Crippen molar-refractivity contribution in [3.8, 4) is 6.07 Å². The molecule has 0 aliphatic carbocycles. The lowest BCUT2D eigenvalue weighted by atomic mass is 9.99. The molecule has 0 spiro atoms. The van der Waals surface area contributed by atoms with Gasteiger partial charge in [0.1, 0.15) is 5.82 Å². The second-order valence-corrected chi connectivity index (χ2v) is 4.13. The van der Waals surface area contributed by atoms with Gasteiger partial charge in [0.25, 0.3) is 0 Å². The lowest BCUT2D eigenvalue weighted by Gasteiger charge is -2.09. The minimum atomic E-state index is -0.245. The summed E-state index contributed by atoms with van der Waals surface area (Å²) >= 11 is 0. The summed E-state index contributed by atoms with van der Waals surface area (Å²) in [5.74, 6) is -0.245. The van der Waals surface area contributed by atoms with Gasteiger partial charge in [-0.05, 0) is 35.2 Å². The molecule has 0 aliphatic heterocycles. The number of nitrogens with zero attached hydrogens (tertiary/aromatic N) is 1. The fraction of sp³-hybridized carbons (Fsp3) is 0.133. The summed E-state index contributed by atoms with van der Waals surface area (Å²) in [7, 11) is 0. The van der Waals surface area contributed by atoms with Crippen LogP contribution in [0.3, 0.4) is 0 Å². The van der Waals surface area contributed by atoms with E-state index in [2.05, 4.69) is 6.07 Å². The van der Waals surface area contributed by atoms with Gasteiger partial charge >= 0.3 is 0 Å². The van der Waals surface area contributed by atoms with E-state index in [9.17, 15) is 4.39 Å². The van der Waals surface area contributed by atoms with E-state index in [1.54, 1.807) is 12.1 Å². The third kappa shape index (κ3) is 2.67. The molecule has 90 valence electrons. The fourth-order valence-electron chi connectivity index (χ4n) is 1.88. The molecule has 0 saturated heterocycles. The number of nitrogens with two attached hydrogens (primary N) is 1. The Hall–Kier alpha value is -2.34. The topological polar surface area (TPSA) is 49.8 Å². The zero-order valence-electron chi connectivity index (χ0n) is 9.86. The highest BCUT2D eigenvalue weighted by Gasteiger charge is 2.05. The van der Waals surface area contributed by atoms with Crippen molar-refractivity contribution in [2.75, 3.05) is 5.73 Å². The van der Waals surface area contributed by atoms with E-state index in [0.717, 1.165) is 16.7 Å². The highest BCUT2D eigenvalue weighted by Crippen LogP contribution is 2.21. The van der Waals surface area contributed by atoms with E-state index >= 15 is 0 Å². The maximum absolute atomic E-state index is 12.8. The number of nitrogen functional groups attached to an aromatic ring is 1. The smallest absolute Gasteiger partial charge is 0.123 e. The van der Waals surface area contributed by atoms with Crippen LogP contribution in [0.4, 0.5) is 10.1 Å². The number of halogens is 1. The molecule has 0 aliphatic rings. The summed E-state index contributed by atoms with van der Waals surface area (Å²) in [5, 5.41) is 8.71. The number of benzene rings is 2. The van der Waals surface area contributed by atoms with Crippen molar-refractivity contribution in [2.24, 2.45) is 0 Å². The van der Waals surface area contributed by atoms with E-state index in [-0.39, 0.29) is 5.82 Å². The maximum atomic E-state index is 12.8. The molecule has 0 bridgehead atoms. The Labute approximate surface area is 105 Å². The first-order valence-corrected chi connectivity index (χ1v) is 5.68. The van der Waals surface area contributed by atoms with E-state index < -0.39 is 0 Å². The molecule has 2 aromatic rings. The third-order valence-electron chi connectivity index (χ3n) is 2.86. The van der Waals surface area contributed by atoms with Gasteiger partial charge in [-0.1, -0.05) is 30.3 Å². The number of hydrogen-bond donors (Lipinski definition) is 1. The number of nitriles is 1. The molecule has 0 heterocycles. The van der Waals surface area contributed by atoms with Crippen LogP contribution in [0, 0.1) is 17.1 Å². The van der Waals surface area contributed by atoms with Gasteiger partial charge in [0, 0.05) is 5.69 Å². The first-order chi connectivity index (χ1) is 8.70. The Kier molecular flexibility index (Phi) is 3.59. The molecular weight excluding hydrogens is 227 g/mol. The molecule has 0 unspecified atom stereocenters. The zero-order valence-corrected chi connectivity index (χ0v) is 9.86. The predicted molar refractivity (Wildman–Crippen MR) is 69.4 cm³/mol. The largest absolute Gasteiger partial charge is 0.398 e. The van der Waals surface area contributed by atoms with E-state index in [4.69, 9.17) is 11.0 Å². The molecular formula is C15H13FN2. The van der Waals surface area contributed by atoms with Gasteiger partial charge in [0.15, 0.2) is 0 Å². The normalized spacial score (nSPS) is 10.0. The van der Waals surface area contributed by atoms with Crippen molar-refractivity contribution < 1.29 is 4.39 Å². The molecule has 0 atom stereocenters. The molecule has 0 saturated carbocycles. The van der Waals surface area contributed by atoms with Crippen molar-refractivity contribution in [3.63, 3.8) is 0 Å². The quantitative estimate of drug-likeness (QED) is 0.838. The molecule has 0 radical (unpaired) electrons. The molecule has 2 nitrogen and oxygen atoms in total. The lowest BCUT2D eigenvalue weighted by molar-refractivity contribution is 0.627. The summed E-state index contributed by atoms with van der Waals surface area (Å²) in [6, 6.07) is 14.1. The highest BCUT2D eigenvalue weighted by atomic mass is 19.1. The van der Waals surface area contributed by atoms with Crippen LogP contribution < -0.4 is 5.73 Å². The first-order valence-electron chi connectivity index (χ1n) is 5.68.